The van der Waals surface area contributed by atoms with Gasteiger partial charge in [-0.15, -0.1) is 0 Å². The van der Waals surface area contributed by atoms with Crippen LogP contribution in [-0.4, -0.2) is 106 Å². The Hall–Kier alpha value is -6.52. The van der Waals surface area contributed by atoms with Crippen LogP contribution in [0.15, 0.2) is 123 Å². The molecule has 3 heterocycles. The number of aliphatic hydroxyl groups is 2. The van der Waals surface area contributed by atoms with Crippen LogP contribution in [-0.2, 0) is 26.7 Å². The van der Waals surface area contributed by atoms with E-state index in [-0.39, 0.29) is 69.2 Å². The third-order valence-electron chi connectivity index (χ3n) is 17.9. The molecule has 10 rings (SSSR count). The molecule has 82 heavy (non-hydrogen) atoms. The first-order valence-electron chi connectivity index (χ1n) is 29.3. The molecule has 0 amide bonds. The van der Waals surface area contributed by atoms with Crippen molar-refractivity contribution >= 4 is 52.2 Å². The number of carbonyl (C=O) groups excluding carboxylic acids is 2. The highest BCUT2D eigenvalue weighted by atomic mass is 35.5. The molecule has 15 heteroatoms. The lowest BCUT2D eigenvalue weighted by atomic mass is 9.73. The number of phenolic OH excluding ortho intramolecular Hbond substituents is 2. The largest absolute Gasteiger partial charge is 0.507 e. The minimum absolute atomic E-state index is 0.0160. The summed E-state index contributed by atoms with van der Waals surface area (Å²) in [4.78, 5) is 30.8. The van der Waals surface area contributed by atoms with Gasteiger partial charge in [0.1, 0.15) is 23.8 Å². The van der Waals surface area contributed by atoms with E-state index in [1.165, 1.54) is 52.7 Å². The zero-order valence-electron chi connectivity index (χ0n) is 48.4. The summed E-state index contributed by atoms with van der Waals surface area (Å²) in [6, 6.07) is 21.4. The maximum absolute atomic E-state index is 14.2. The number of allylic oxidation sites excluding steroid dienone is 8. The Morgan fingerprint density at radius 2 is 1.65 bits per heavy atom. The lowest BCUT2D eigenvalue weighted by molar-refractivity contribution is -0.438. The number of hydrogen-bond donors (Lipinski definition) is 5. The van der Waals surface area contributed by atoms with E-state index in [1.807, 2.05) is 0 Å². The number of carbonyl (C=O) groups is 2. The fourth-order valence-corrected chi connectivity index (χ4v) is 13.7. The summed E-state index contributed by atoms with van der Waals surface area (Å²) in [6.45, 7) is 14.5. The minimum atomic E-state index is -1.02. The number of ether oxygens (including phenoxy) is 3. The van der Waals surface area contributed by atoms with E-state index in [0.29, 0.717) is 12.1 Å². The normalized spacial score (nSPS) is 24.9. The number of phenols is 2. The van der Waals surface area contributed by atoms with Crippen molar-refractivity contribution in [3.63, 3.8) is 0 Å². The molecule has 0 aromatic heterocycles. The van der Waals surface area contributed by atoms with Gasteiger partial charge < -0.3 is 45.3 Å². The Labute approximate surface area is 487 Å². The van der Waals surface area contributed by atoms with Crippen LogP contribution >= 0.6 is 11.6 Å². The summed E-state index contributed by atoms with van der Waals surface area (Å²) < 4.78 is 20.5. The van der Waals surface area contributed by atoms with Crippen molar-refractivity contribution in [3.8, 4) is 17.2 Å². The molecule has 4 aromatic carbocycles. The molecule has 6 aliphatic rings. The van der Waals surface area contributed by atoms with Crippen molar-refractivity contribution < 1.29 is 48.8 Å². The van der Waals surface area contributed by atoms with Crippen molar-refractivity contribution in [3.05, 3.63) is 157 Å². The van der Waals surface area contributed by atoms with E-state index < -0.39 is 66.2 Å². The predicted molar refractivity (Wildman–Crippen MR) is 323 cm³/mol. The number of methoxy groups -OCH3 is 1. The zero-order valence-corrected chi connectivity index (χ0v) is 49.1. The molecule has 3 aliphatic carbocycles. The first kappa shape index (κ1) is 58.7. The van der Waals surface area contributed by atoms with Gasteiger partial charge in [-0.2, -0.15) is 14.8 Å². The fraction of sp³-hybridized carbons (Fsp3) is 0.448. The maximum atomic E-state index is 14.2. The number of anilines is 1. The zero-order chi connectivity index (χ0) is 58.2. The van der Waals surface area contributed by atoms with Gasteiger partial charge >= 0.3 is 0 Å². The van der Waals surface area contributed by atoms with Crippen LogP contribution < -0.4 is 15.4 Å². The summed E-state index contributed by atoms with van der Waals surface area (Å²) in [6.07, 6.45) is 16.1. The number of aromatic hydroxyl groups is 2. The van der Waals surface area contributed by atoms with Gasteiger partial charge in [0.2, 0.25) is 11.5 Å². The second-order valence-corrected chi connectivity index (χ2v) is 24.2. The van der Waals surface area contributed by atoms with E-state index in [1.54, 1.807) is 25.3 Å². The van der Waals surface area contributed by atoms with Crippen LogP contribution in [0.25, 0.3) is 0 Å². The highest BCUT2D eigenvalue weighted by molar-refractivity contribution is 6.33. The van der Waals surface area contributed by atoms with Crippen LogP contribution in [0.3, 0.4) is 0 Å². The Morgan fingerprint density at radius 1 is 0.890 bits per heavy atom. The van der Waals surface area contributed by atoms with E-state index in [0.717, 1.165) is 75.1 Å². The lowest BCUT2D eigenvalue weighted by Crippen LogP contribution is -2.52. The number of halogens is 1. The number of nitrogens with zero attached hydrogens (tertiary/aromatic N) is 4. The molecule has 1 fully saturated rings. The first-order valence-corrected chi connectivity index (χ1v) is 29.7. The smallest absolute Gasteiger partial charge is 0.209 e. The third kappa shape index (κ3) is 10.9. The molecule has 4 aromatic rings. The van der Waals surface area contributed by atoms with Crippen LogP contribution in [0.5, 0.6) is 17.2 Å². The van der Waals surface area contributed by atoms with Gasteiger partial charge in [-0.1, -0.05) is 99.5 Å². The van der Waals surface area contributed by atoms with Gasteiger partial charge in [0, 0.05) is 93.8 Å². The number of ketones is 2. The summed E-state index contributed by atoms with van der Waals surface area (Å²) in [5.74, 6) is -2.71. The standard InChI is InChI=1S/C67H78ClN5O9/c1-8-9-33-72-49-25-14-12-23-45(49)66(3,4)53(72)30-28-40-20-18-21-41(60(40)68)29-31-54-67(5,6)46-24-13-15-26-50(46)73(54)34-17-11-10-16-32-70-71-48(38-74)42-35-44-57(52(36-42)82-55-37-47(69)61(75)39(2)81-55)65(79)59-58(63(44)77)62(76)43-22-19-27-51(80-7)56(43)64(59)78/h12-15,19,22-32,39,42,47,52,55,61,74-75H,8-11,16-18,20-21,33-38,69H2,1-7H3,(H-,76,77,78,79)/p+1/b70-32-,71-48+/t39?,42?,47?,52-,55?,61?/m1/s1. The van der Waals surface area contributed by atoms with Gasteiger partial charge in [-0.25, -0.2) is 0 Å². The summed E-state index contributed by atoms with van der Waals surface area (Å²) in [5.41, 5.74) is 16.0. The topological polar surface area (TPSA) is 200 Å². The molecule has 1 saturated heterocycles. The first-order chi connectivity index (χ1) is 39.4. The Balaban J connectivity index is 0.836. The molecule has 432 valence electrons. The molecular formula is C67H79ClN5O9+. The molecule has 0 bridgehead atoms. The molecule has 3 aliphatic heterocycles. The molecule has 6 N–H and O–H groups in total. The Kier molecular flexibility index (Phi) is 17.4. The van der Waals surface area contributed by atoms with E-state index in [2.05, 4.69) is 127 Å². The molecule has 5 unspecified atom stereocenters. The minimum Gasteiger partial charge on any atom is -0.507 e. The Morgan fingerprint density at radius 3 is 2.40 bits per heavy atom. The number of benzene rings is 4. The summed E-state index contributed by atoms with van der Waals surface area (Å²) in [5, 5.41) is 55.2. The number of nitrogens with two attached hydrogens (primary N) is 1. The third-order valence-corrected chi connectivity index (χ3v) is 18.4. The molecule has 0 saturated carbocycles. The number of rotatable bonds is 18. The monoisotopic (exact) mass is 1130 g/mol. The van der Waals surface area contributed by atoms with Crippen LogP contribution in [0, 0.1) is 5.92 Å². The van der Waals surface area contributed by atoms with Crippen molar-refractivity contribution in [1.82, 2.24) is 0 Å². The quantitative estimate of drug-likeness (QED) is 0.0184. The van der Waals surface area contributed by atoms with Crippen LogP contribution in [0.4, 0.5) is 11.4 Å². The van der Waals surface area contributed by atoms with Gasteiger partial charge in [0.15, 0.2) is 17.8 Å². The number of aliphatic hydroxyl groups excluding tert-OH is 2. The summed E-state index contributed by atoms with van der Waals surface area (Å²) >= 11 is 7.35. The van der Waals surface area contributed by atoms with E-state index >= 15 is 0 Å². The Bertz CT molecular complexity index is 3370. The number of unbranched alkanes of at least 4 members (excludes halogenated alkanes) is 4. The van der Waals surface area contributed by atoms with E-state index in [9.17, 15) is 30.0 Å². The van der Waals surface area contributed by atoms with Crippen LogP contribution in [0.1, 0.15) is 172 Å². The number of para-hydroxylation sites is 2. The van der Waals surface area contributed by atoms with Crippen LogP contribution in [0.2, 0.25) is 0 Å². The average molecular weight is 1130 g/mol. The molecule has 6 atom stereocenters. The van der Waals surface area contributed by atoms with Gasteiger partial charge in [0.25, 0.3) is 0 Å². The van der Waals surface area contributed by atoms with Crippen molar-refractivity contribution in [1.29, 1.82) is 0 Å². The van der Waals surface area contributed by atoms with Gasteiger partial charge in [0.05, 0.1) is 59.8 Å². The van der Waals surface area contributed by atoms with Crippen molar-refractivity contribution in [2.75, 3.05) is 31.7 Å². The highest BCUT2D eigenvalue weighted by Gasteiger charge is 2.47. The van der Waals surface area contributed by atoms with Gasteiger partial charge in [-0.3, -0.25) is 9.59 Å². The molecule has 14 nitrogen and oxygen atoms in total. The second-order valence-electron chi connectivity index (χ2n) is 23.8. The fourth-order valence-electron chi connectivity index (χ4n) is 13.4. The maximum Gasteiger partial charge on any atom is 0.209 e. The number of fused-ring (bicyclic) bond motifs is 5. The average Bonchev–Trinajstić information content (AvgIpc) is 2.08. The SMILES string of the molecule is CCCCN1C(=CC=C2CCCC(C=CC3=[N+](CCCCC/C=N\N=C(/CO)C4Cc5c(O)c6c(c(O)c5[C@H](OC5CC(N)C(O)C(C)O5)C4)C(=O)c4c(OC)cccc4C6=O)c4ccccc4C3(C)C)=C2Cl)C(C)(C)c2ccccc21. The highest BCUT2D eigenvalue weighted by Crippen LogP contribution is 2.53. The predicted octanol–water partition coefficient (Wildman–Crippen LogP) is 12.0. The van der Waals surface area contributed by atoms with Crippen molar-refractivity contribution in [2.24, 2.45) is 21.9 Å². The summed E-state index contributed by atoms with van der Waals surface area (Å²) in [7, 11) is 1.38. The molecule has 0 spiro atoms. The molecule has 0 radical (unpaired) electrons. The second kappa shape index (κ2) is 24.4. The van der Waals surface area contributed by atoms with E-state index in [4.69, 9.17) is 31.5 Å². The lowest BCUT2D eigenvalue weighted by Gasteiger charge is -2.40. The molecular weight excluding hydrogens is 1050 g/mol. The van der Waals surface area contributed by atoms with Gasteiger partial charge in [-0.05, 0) is 113 Å². The number of hydrogen-bond acceptors (Lipinski definition) is 13. The van der Waals surface area contributed by atoms with Crippen molar-refractivity contribution in [2.45, 2.75) is 160 Å².